The van der Waals surface area contributed by atoms with Crippen molar-refractivity contribution in [2.45, 2.75) is 11.3 Å². The van der Waals surface area contributed by atoms with Crippen LogP contribution in [-0.4, -0.2) is 73.7 Å². The summed E-state index contributed by atoms with van der Waals surface area (Å²) in [6.45, 7) is 0.258. The molecular weight excluding hydrogens is 350 g/mol. The van der Waals surface area contributed by atoms with Crippen LogP contribution in [0.3, 0.4) is 0 Å². The van der Waals surface area contributed by atoms with E-state index in [-0.39, 0.29) is 49.0 Å². The van der Waals surface area contributed by atoms with Gasteiger partial charge >= 0.3 is 5.97 Å². The molecule has 1 saturated heterocycles. The standard InChI is InChI=1S/C15H19N3O6S/c1-17(8-6-14(20)21)15(22)11-2-4-12(5-3-11)25(23,24)18-9-7-16-13(19)10-18/h2-5H,6-10H2,1H3,(H,16,19)(H,20,21). The van der Waals surface area contributed by atoms with Crippen molar-refractivity contribution in [2.75, 3.05) is 33.2 Å². The normalized spacial score (nSPS) is 15.5. The van der Waals surface area contributed by atoms with Crippen LogP contribution in [0.1, 0.15) is 16.8 Å². The van der Waals surface area contributed by atoms with Crippen LogP contribution in [0.15, 0.2) is 29.2 Å². The molecule has 25 heavy (non-hydrogen) atoms. The average molecular weight is 369 g/mol. The summed E-state index contributed by atoms with van der Waals surface area (Å²) in [5.41, 5.74) is 0.253. The van der Waals surface area contributed by atoms with Crippen LogP contribution in [0.5, 0.6) is 0 Å². The Hall–Kier alpha value is -2.46. The van der Waals surface area contributed by atoms with E-state index in [9.17, 15) is 22.8 Å². The summed E-state index contributed by atoms with van der Waals surface area (Å²) in [6, 6.07) is 5.35. The maximum absolute atomic E-state index is 12.5. The zero-order valence-corrected chi connectivity index (χ0v) is 14.5. The van der Waals surface area contributed by atoms with Gasteiger partial charge in [-0.15, -0.1) is 0 Å². The summed E-state index contributed by atoms with van der Waals surface area (Å²) in [4.78, 5) is 35.4. The monoisotopic (exact) mass is 369 g/mol. The highest BCUT2D eigenvalue weighted by Crippen LogP contribution is 2.17. The Morgan fingerprint density at radius 1 is 1.28 bits per heavy atom. The fraction of sp³-hybridized carbons (Fsp3) is 0.400. The van der Waals surface area contributed by atoms with E-state index in [0.717, 1.165) is 4.31 Å². The van der Waals surface area contributed by atoms with Crippen molar-refractivity contribution in [3.63, 3.8) is 0 Å². The molecule has 2 N–H and O–H groups in total. The minimum atomic E-state index is -3.81. The first-order valence-electron chi connectivity index (χ1n) is 7.56. The molecule has 1 aliphatic rings. The van der Waals surface area contributed by atoms with Crippen molar-refractivity contribution < 1.29 is 27.9 Å². The molecule has 2 amide bonds. The summed E-state index contributed by atoms with van der Waals surface area (Å²) < 4.78 is 26.1. The highest BCUT2D eigenvalue weighted by Gasteiger charge is 2.29. The number of nitrogens with zero attached hydrogens (tertiary/aromatic N) is 2. The van der Waals surface area contributed by atoms with Gasteiger partial charge in [-0.25, -0.2) is 8.42 Å². The summed E-state index contributed by atoms with van der Waals surface area (Å²) in [5.74, 6) is -1.77. The molecule has 1 heterocycles. The Morgan fingerprint density at radius 2 is 1.92 bits per heavy atom. The lowest BCUT2D eigenvalue weighted by Gasteiger charge is -2.26. The highest BCUT2D eigenvalue weighted by atomic mass is 32.2. The number of aliphatic carboxylic acids is 1. The summed E-state index contributed by atoms with van der Waals surface area (Å²) in [7, 11) is -2.33. The molecule has 0 saturated carbocycles. The lowest BCUT2D eigenvalue weighted by molar-refractivity contribution is -0.137. The van der Waals surface area contributed by atoms with Crippen LogP contribution in [0.25, 0.3) is 0 Å². The van der Waals surface area contributed by atoms with E-state index in [1.807, 2.05) is 0 Å². The molecule has 0 aromatic heterocycles. The topological polar surface area (TPSA) is 124 Å². The van der Waals surface area contributed by atoms with Crippen molar-refractivity contribution in [2.24, 2.45) is 0 Å². The molecule has 0 radical (unpaired) electrons. The number of piperazine rings is 1. The van der Waals surface area contributed by atoms with Crippen LogP contribution < -0.4 is 5.32 Å². The van der Waals surface area contributed by atoms with Crippen LogP contribution in [0.4, 0.5) is 0 Å². The molecule has 9 nitrogen and oxygen atoms in total. The van der Waals surface area contributed by atoms with Gasteiger partial charge in [0.15, 0.2) is 0 Å². The molecule has 1 aromatic rings. The predicted molar refractivity (Wildman–Crippen MR) is 87.4 cm³/mol. The predicted octanol–water partition coefficient (Wildman–Crippen LogP) is -0.646. The van der Waals surface area contributed by atoms with Crippen LogP contribution in [0.2, 0.25) is 0 Å². The van der Waals surface area contributed by atoms with Crippen molar-refractivity contribution in [1.82, 2.24) is 14.5 Å². The third kappa shape index (κ3) is 4.54. The maximum atomic E-state index is 12.5. The fourth-order valence-electron chi connectivity index (χ4n) is 2.32. The second kappa shape index (κ2) is 7.62. The smallest absolute Gasteiger partial charge is 0.305 e. The number of nitrogens with one attached hydrogen (secondary N) is 1. The zero-order valence-electron chi connectivity index (χ0n) is 13.6. The minimum absolute atomic E-state index is 0.00746. The number of carboxylic acid groups (broad SMARTS) is 1. The van der Waals surface area contributed by atoms with Gasteiger partial charge in [-0.1, -0.05) is 0 Å². The van der Waals surface area contributed by atoms with E-state index in [0.29, 0.717) is 0 Å². The highest BCUT2D eigenvalue weighted by molar-refractivity contribution is 7.89. The lowest BCUT2D eigenvalue weighted by Crippen LogP contribution is -2.49. The van der Waals surface area contributed by atoms with Crippen molar-refractivity contribution in [1.29, 1.82) is 0 Å². The molecule has 2 rings (SSSR count). The molecule has 1 fully saturated rings. The van der Waals surface area contributed by atoms with Crippen LogP contribution in [-0.2, 0) is 19.6 Å². The molecule has 1 aromatic carbocycles. The van der Waals surface area contributed by atoms with Gasteiger partial charge in [0.25, 0.3) is 5.91 Å². The Kier molecular flexibility index (Phi) is 5.75. The summed E-state index contributed by atoms with van der Waals surface area (Å²) in [5, 5.41) is 11.2. The van der Waals surface area contributed by atoms with E-state index in [4.69, 9.17) is 5.11 Å². The number of benzene rings is 1. The van der Waals surface area contributed by atoms with Gasteiger partial charge in [0.05, 0.1) is 17.9 Å². The Labute approximate surface area is 145 Å². The Bertz CT molecular complexity index is 775. The number of carbonyl (C=O) groups is 3. The largest absolute Gasteiger partial charge is 0.481 e. The first-order valence-corrected chi connectivity index (χ1v) is 9.00. The quantitative estimate of drug-likeness (QED) is 0.687. The first-order chi connectivity index (χ1) is 11.7. The SMILES string of the molecule is CN(CCC(=O)O)C(=O)c1ccc(S(=O)(=O)N2CCNC(=O)C2)cc1. The molecule has 0 spiro atoms. The third-order valence-electron chi connectivity index (χ3n) is 3.75. The van der Waals surface area contributed by atoms with Crippen molar-refractivity contribution in [3.05, 3.63) is 29.8 Å². The number of carbonyl (C=O) groups excluding carboxylic acids is 2. The van der Waals surface area contributed by atoms with E-state index in [2.05, 4.69) is 5.32 Å². The second-order valence-corrected chi connectivity index (χ2v) is 7.52. The first kappa shape index (κ1) is 18.9. The van der Waals surface area contributed by atoms with E-state index in [1.165, 1.54) is 36.2 Å². The van der Waals surface area contributed by atoms with E-state index in [1.54, 1.807) is 0 Å². The minimum Gasteiger partial charge on any atom is -0.481 e. The zero-order chi connectivity index (χ0) is 18.6. The van der Waals surface area contributed by atoms with Crippen LogP contribution in [0, 0.1) is 0 Å². The van der Waals surface area contributed by atoms with Gasteiger partial charge in [-0.3, -0.25) is 14.4 Å². The van der Waals surface area contributed by atoms with Crippen molar-refractivity contribution >= 4 is 27.8 Å². The number of carboxylic acids is 1. The summed E-state index contributed by atoms with van der Waals surface area (Å²) in [6.07, 6.45) is -0.175. The van der Waals surface area contributed by atoms with Gasteiger partial charge in [0.1, 0.15) is 0 Å². The second-order valence-electron chi connectivity index (χ2n) is 5.58. The fourth-order valence-corrected chi connectivity index (χ4v) is 3.72. The van der Waals surface area contributed by atoms with E-state index >= 15 is 0 Å². The number of sulfonamides is 1. The van der Waals surface area contributed by atoms with Gasteiger partial charge in [-0.05, 0) is 24.3 Å². The molecule has 0 bridgehead atoms. The number of rotatable bonds is 6. The van der Waals surface area contributed by atoms with Gasteiger partial charge in [0, 0.05) is 32.2 Å². The number of hydrogen-bond donors (Lipinski definition) is 2. The molecule has 136 valence electrons. The molecule has 0 unspecified atom stereocenters. The van der Waals surface area contributed by atoms with Crippen LogP contribution >= 0.6 is 0 Å². The maximum Gasteiger partial charge on any atom is 0.305 e. The number of amides is 2. The molecule has 10 heteroatoms. The average Bonchev–Trinajstić information content (AvgIpc) is 2.59. The molecular formula is C15H19N3O6S. The summed E-state index contributed by atoms with van der Waals surface area (Å²) >= 11 is 0. The van der Waals surface area contributed by atoms with Gasteiger partial charge in [0.2, 0.25) is 15.9 Å². The molecule has 0 aliphatic carbocycles. The molecule has 0 atom stereocenters. The molecule has 1 aliphatic heterocycles. The Morgan fingerprint density at radius 3 is 2.48 bits per heavy atom. The van der Waals surface area contributed by atoms with Gasteiger partial charge in [-0.2, -0.15) is 4.31 Å². The third-order valence-corrected chi connectivity index (χ3v) is 5.61. The van der Waals surface area contributed by atoms with Gasteiger partial charge < -0.3 is 15.3 Å². The van der Waals surface area contributed by atoms with E-state index < -0.39 is 21.9 Å². The number of hydrogen-bond acceptors (Lipinski definition) is 5. The Balaban J connectivity index is 2.12. The lowest BCUT2D eigenvalue weighted by atomic mass is 10.2. The van der Waals surface area contributed by atoms with Crippen molar-refractivity contribution in [3.8, 4) is 0 Å².